The molecule has 0 atom stereocenters. The second-order valence-electron chi connectivity index (χ2n) is 3.46. The molecule has 0 spiro atoms. The van der Waals surface area contributed by atoms with Crippen LogP contribution in [0.2, 0.25) is 5.28 Å². The molecule has 106 valence electrons. The summed E-state index contributed by atoms with van der Waals surface area (Å²) < 4.78 is 37.8. The van der Waals surface area contributed by atoms with Crippen LogP contribution >= 0.6 is 23.4 Å². The van der Waals surface area contributed by atoms with E-state index in [2.05, 4.69) is 19.9 Å². The predicted molar refractivity (Wildman–Crippen MR) is 67.0 cm³/mol. The maximum absolute atomic E-state index is 12.6. The lowest BCUT2D eigenvalue weighted by Gasteiger charge is -2.07. The highest BCUT2D eigenvalue weighted by Gasteiger charge is 2.33. The minimum absolute atomic E-state index is 0.0605. The van der Waals surface area contributed by atoms with Crippen molar-refractivity contribution in [3.05, 3.63) is 23.1 Å². The molecule has 4 N–H and O–H groups in total. The van der Waals surface area contributed by atoms with Gasteiger partial charge in [0.2, 0.25) is 5.28 Å². The molecule has 11 heteroatoms. The van der Waals surface area contributed by atoms with Gasteiger partial charge in [-0.25, -0.2) is 19.9 Å². The number of nitrogen functional groups attached to an aromatic ring is 2. The van der Waals surface area contributed by atoms with E-state index in [4.69, 9.17) is 23.1 Å². The lowest BCUT2D eigenvalue weighted by molar-refractivity contribution is -0.141. The third-order valence-electron chi connectivity index (χ3n) is 1.91. The molecule has 6 nitrogen and oxygen atoms in total. The number of nitrogens with zero attached hydrogens (tertiary/aromatic N) is 4. The zero-order chi connectivity index (χ0) is 14.9. The molecule has 0 fully saturated rings. The summed E-state index contributed by atoms with van der Waals surface area (Å²) in [5, 5.41) is -0.535. The number of hydrogen-bond acceptors (Lipinski definition) is 7. The van der Waals surface area contributed by atoms with E-state index in [0.717, 1.165) is 17.8 Å². The van der Waals surface area contributed by atoms with Gasteiger partial charge in [-0.2, -0.15) is 13.2 Å². The average Bonchev–Trinajstić information content (AvgIpc) is 2.25. The van der Waals surface area contributed by atoms with E-state index >= 15 is 0 Å². The highest BCUT2D eigenvalue weighted by Crippen LogP contribution is 2.32. The van der Waals surface area contributed by atoms with Gasteiger partial charge < -0.3 is 11.5 Å². The van der Waals surface area contributed by atoms with Crippen molar-refractivity contribution in [1.82, 2.24) is 19.9 Å². The average molecular weight is 323 g/mol. The van der Waals surface area contributed by atoms with E-state index in [1.165, 1.54) is 6.07 Å². The van der Waals surface area contributed by atoms with Crippen molar-refractivity contribution >= 4 is 35.0 Å². The van der Waals surface area contributed by atoms with Crippen LogP contribution in [0.1, 0.15) is 5.69 Å². The summed E-state index contributed by atoms with van der Waals surface area (Å²) >= 11 is 6.20. The Bertz CT molecular complexity index is 630. The predicted octanol–water partition coefficient (Wildman–Crippen LogP) is 2.25. The van der Waals surface area contributed by atoms with Gasteiger partial charge in [0.05, 0.1) is 0 Å². The van der Waals surface area contributed by atoms with Crippen LogP contribution in [0.3, 0.4) is 0 Å². The van der Waals surface area contributed by atoms with E-state index in [0.29, 0.717) is 0 Å². The fraction of sp³-hybridized carbons (Fsp3) is 0.111. The molecule has 0 saturated carbocycles. The van der Waals surface area contributed by atoms with Gasteiger partial charge in [0.25, 0.3) is 0 Å². The monoisotopic (exact) mass is 322 g/mol. The van der Waals surface area contributed by atoms with Gasteiger partial charge in [0.15, 0.2) is 10.9 Å². The van der Waals surface area contributed by atoms with E-state index in [9.17, 15) is 13.2 Å². The Morgan fingerprint density at radius 3 is 2.15 bits per heavy atom. The lowest BCUT2D eigenvalue weighted by atomic mass is 10.4. The molecular weight excluding hydrogens is 317 g/mol. The molecule has 20 heavy (non-hydrogen) atoms. The smallest absolute Gasteiger partial charge is 0.383 e. The number of halogens is 4. The minimum atomic E-state index is -4.63. The van der Waals surface area contributed by atoms with Crippen LogP contribution < -0.4 is 11.5 Å². The van der Waals surface area contributed by atoms with Crippen molar-refractivity contribution in [2.75, 3.05) is 11.5 Å². The summed E-state index contributed by atoms with van der Waals surface area (Å²) in [5.41, 5.74) is 9.76. The molecule has 0 aliphatic rings. The van der Waals surface area contributed by atoms with Crippen molar-refractivity contribution in [2.45, 2.75) is 16.4 Å². The van der Waals surface area contributed by atoms with Gasteiger partial charge in [0.1, 0.15) is 16.7 Å². The number of alkyl halides is 3. The van der Waals surface area contributed by atoms with Crippen molar-refractivity contribution in [3.8, 4) is 0 Å². The normalized spacial score (nSPS) is 11.6. The highest BCUT2D eigenvalue weighted by molar-refractivity contribution is 7.99. The van der Waals surface area contributed by atoms with Gasteiger partial charge >= 0.3 is 6.18 Å². The Labute approximate surface area is 119 Å². The molecule has 0 unspecified atom stereocenters. The van der Waals surface area contributed by atoms with Gasteiger partial charge in [-0.1, -0.05) is 0 Å². The first-order chi connectivity index (χ1) is 9.24. The summed E-state index contributed by atoms with van der Waals surface area (Å²) in [5.74, 6) is 0.187. The standard InChI is InChI=1S/C9H6ClF3N6S/c10-7-16-3(9(11,12)13)1-6(19-7)20-8-17-4(14)2-5(15)18-8/h1-2H,(H4,14,15,17,18). The molecule has 0 bridgehead atoms. The van der Waals surface area contributed by atoms with Gasteiger partial charge in [-0.05, 0) is 23.4 Å². The van der Waals surface area contributed by atoms with Crippen molar-refractivity contribution < 1.29 is 13.2 Å². The molecule has 0 amide bonds. The minimum Gasteiger partial charge on any atom is -0.383 e. The Hall–Kier alpha value is -1.81. The molecule has 0 saturated heterocycles. The third kappa shape index (κ3) is 3.61. The summed E-state index contributed by atoms with van der Waals surface area (Å²) in [6.45, 7) is 0. The van der Waals surface area contributed by atoms with Crippen LogP contribution in [0.5, 0.6) is 0 Å². The number of rotatable bonds is 2. The molecule has 0 aromatic carbocycles. The largest absolute Gasteiger partial charge is 0.433 e. The summed E-state index contributed by atoms with van der Waals surface area (Å²) in [6, 6.07) is 2.05. The fourth-order valence-electron chi connectivity index (χ4n) is 1.20. The zero-order valence-corrected chi connectivity index (χ0v) is 11.1. The number of anilines is 2. The van der Waals surface area contributed by atoms with E-state index in [-0.39, 0.29) is 21.8 Å². The van der Waals surface area contributed by atoms with E-state index in [1.807, 2.05) is 0 Å². The van der Waals surface area contributed by atoms with Crippen LogP contribution in [0, 0.1) is 0 Å². The van der Waals surface area contributed by atoms with Gasteiger partial charge in [-0.3, -0.25) is 0 Å². The maximum atomic E-state index is 12.6. The Balaban J connectivity index is 2.36. The van der Waals surface area contributed by atoms with Crippen molar-refractivity contribution in [3.63, 3.8) is 0 Å². The Morgan fingerprint density at radius 2 is 1.60 bits per heavy atom. The van der Waals surface area contributed by atoms with Crippen LogP contribution in [0.4, 0.5) is 24.8 Å². The number of nitrogens with two attached hydrogens (primary N) is 2. The Kier molecular flexibility index (Phi) is 3.86. The van der Waals surface area contributed by atoms with Gasteiger partial charge in [-0.15, -0.1) is 0 Å². The topological polar surface area (TPSA) is 104 Å². The molecule has 0 aliphatic carbocycles. The molecule has 2 aromatic heterocycles. The van der Waals surface area contributed by atoms with Crippen LogP contribution in [-0.4, -0.2) is 19.9 Å². The van der Waals surface area contributed by atoms with Crippen molar-refractivity contribution in [2.24, 2.45) is 0 Å². The molecule has 2 heterocycles. The fourth-order valence-corrected chi connectivity index (χ4v) is 2.22. The molecular formula is C9H6ClF3N6S. The molecule has 0 aliphatic heterocycles. The first-order valence-corrected chi connectivity index (χ1v) is 6.13. The zero-order valence-electron chi connectivity index (χ0n) is 9.52. The first kappa shape index (κ1) is 14.6. The maximum Gasteiger partial charge on any atom is 0.433 e. The van der Waals surface area contributed by atoms with Crippen LogP contribution in [0.15, 0.2) is 22.3 Å². The van der Waals surface area contributed by atoms with E-state index in [1.54, 1.807) is 0 Å². The molecule has 2 rings (SSSR count). The Morgan fingerprint density at radius 1 is 1.00 bits per heavy atom. The summed E-state index contributed by atoms with van der Waals surface area (Å²) in [4.78, 5) is 14.4. The summed E-state index contributed by atoms with van der Waals surface area (Å²) in [6.07, 6.45) is -4.63. The number of hydrogen-bond donors (Lipinski definition) is 2. The summed E-state index contributed by atoms with van der Waals surface area (Å²) in [7, 11) is 0. The second kappa shape index (κ2) is 5.29. The number of aromatic nitrogens is 4. The van der Waals surface area contributed by atoms with Crippen molar-refractivity contribution in [1.29, 1.82) is 0 Å². The molecule has 0 radical (unpaired) electrons. The quantitative estimate of drug-likeness (QED) is 0.645. The third-order valence-corrected chi connectivity index (χ3v) is 2.86. The first-order valence-electron chi connectivity index (χ1n) is 4.94. The highest BCUT2D eigenvalue weighted by atomic mass is 35.5. The molecule has 2 aromatic rings. The van der Waals surface area contributed by atoms with Crippen LogP contribution in [-0.2, 0) is 6.18 Å². The SMILES string of the molecule is Nc1cc(N)nc(Sc2cc(C(F)(F)F)nc(Cl)n2)n1. The second-order valence-corrected chi connectivity index (χ2v) is 4.79. The lowest BCUT2D eigenvalue weighted by Crippen LogP contribution is -2.09. The van der Waals surface area contributed by atoms with Gasteiger partial charge in [0, 0.05) is 12.1 Å². The van der Waals surface area contributed by atoms with Crippen LogP contribution in [0.25, 0.3) is 0 Å². The van der Waals surface area contributed by atoms with E-state index < -0.39 is 17.2 Å².